The number of likely N-dealkylation sites (tertiary alicyclic amines) is 1. The third-order valence-corrected chi connectivity index (χ3v) is 4.16. The Labute approximate surface area is 121 Å². The molecule has 2 N–H and O–H groups in total. The summed E-state index contributed by atoms with van der Waals surface area (Å²) in [6.45, 7) is 4.34. The molecule has 0 aromatic heterocycles. The largest absolute Gasteiger partial charge is 0.504 e. The van der Waals surface area contributed by atoms with Crippen molar-refractivity contribution in [2.45, 2.75) is 25.8 Å². The summed E-state index contributed by atoms with van der Waals surface area (Å²) < 4.78 is 5.07. The van der Waals surface area contributed by atoms with Crippen LogP contribution in [0.4, 0.5) is 0 Å². The van der Waals surface area contributed by atoms with Gasteiger partial charge in [0.1, 0.15) is 0 Å². The summed E-state index contributed by atoms with van der Waals surface area (Å²) in [5.41, 5.74) is 1.15. The molecule has 0 saturated carbocycles. The van der Waals surface area contributed by atoms with Gasteiger partial charge in [0, 0.05) is 6.54 Å². The first-order valence-electron chi connectivity index (χ1n) is 7.45. The Hall–Kier alpha value is -1.26. The smallest absolute Gasteiger partial charge is 0.160 e. The van der Waals surface area contributed by atoms with Crippen molar-refractivity contribution >= 4 is 0 Å². The lowest BCUT2D eigenvalue weighted by molar-refractivity contribution is 0.172. The Morgan fingerprint density at radius 3 is 2.70 bits per heavy atom. The van der Waals surface area contributed by atoms with E-state index < -0.39 is 0 Å². The molecule has 1 fully saturated rings. The fraction of sp³-hybridized carbons (Fsp3) is 0.625. The van der Waals surface area contributed by atoms with Crippen LogP contribution >= 0.6 is 0 Å². The number of benzene rings is 1. The van der Waals surface area contributed by atoms with Gasteiger partial charge in [-0.15, -0.1) is 0 Å². The van der Waals surface area contributed by atoms with E-state index in [0.717, 1.165) is 37.7 Å². The highest BCUT2D eigenvalue weighted by atomic mass is 16.5. The Kier molecular flexibility index (Phi) is 5.68. The normalized spacial score (nSPS) is 17.3. The fourth-order valence-electron chi connectivity index (χ4n) is 2.87. The topological polar surface area (TPSA) is 44.7 Å². The van der Waals surface area contributed by atoms with Gasteiger partial charge in [-0.3, -0.25) is 4.90 Å². The van der Waals surface area contributed by atoms with E-state index in [0.29, 0.717) is 5.75 Å². The summed E-state index contributed by atoms with van der Waals surface area (Å²) in [4.78, 5) is 2.47. The van der Waals surface area contributed by atoms with Crippen molar-refractivity contribution in [2.75, 3.05) is 33.8 Å². The average molecular weight is 278 g/mol. The van der Waals surface area contributed by atoms with Crippen molar-refractivity contribution in [1.29, 1.82) is 0 Å². The number of piperidine rings is 1. The highest BCUT2D eigenvalue weighted by Gasteiger charge is 2.19. The van der Waals surface area contributed by atoms with Gasteiger partial charge in [-0.25, -0.2) is 0 Å². The zero-order valence-corrected chi connectivity index (χ0v) is 12.6. The Morgan fingerprint density at radius 2 is 2.10 bits per heavy atom. The molecule has 2 rings (SSSR count). The summed E-state index contributed by atoms with van der Waals surface area (Å²) in [6, 6.07) is 5.68. The monoisotopic (exact) mass is 278 g/mol. The number of aromatic hydroxyl groups is 1. The van der Waals surface area contributed by atoms with Gasteiger partial charge in [0.05, 0.1) is 7.11 Å². The van der Waals surface area contributed by atoms with E-state index in [2.05, 4.69) is 10.2 Å². The molecule has 0 unspecified atom stereocenters. The number of methoxy groups -OCH3 is 1. The minimum Gasteiger partial charge on any atom is -0.504 e. The summed E-state index contributed by atoms with van der Waals surface area (Å²) >= 11 is 0. The molecular weight excluding hydrogens is 252 g/mol. The van der Waals surface area contributed by atoms with Gasteiger partial charge in [-0.1, -0.05) is 6.07 Å². The highest BCUT2D eigenvalue weighted by Crippen LogP contribution is 2.28. The van der Waals surface area contributed by atoms with Gasteiger partial charge in [0.25, 0.3) is 0 Å². The molecule has 0 atom stereocenters. The van der Waals surface area contributed by atoms with Crippen LogP contribution < -0.4 is 10.1 Å². The van der Waals surface area contributed by atoms with Gasteiger partial charge in [0.2, 0.25) is 0 Å². The number of ether oxygens (including phenoxy) is 1. The molecule has 1 aromatic carbocycles. The maximum atomic E-state index is 9.81. The molecule has 1 aliphatic heterocycles. The van der Waals surface area contributed by atoms with Crippen LogP contribution in [0.15, 0.2) is 18.2 Å². The van der Waals surface area contributed by atoms with Gasteiger partial charge in [0.15, 0.2) is 11.5 Å². The second-order valence-electron chi connectivity index (χ2n) is 5.62. The minimum atomic E-state index is 0.230. The summed E-state index contributed by atoms with van der Waals surface area (Å²) in [5.74, 6) is 1.64. The maximum absolute atomic E-state index is 9.81. The highest BCUT2D eigenvalue weighted by molar-refractivity contribution is 5.41. The van der Waals surface area contributed by atoms with Gasteiger partial charge < -0.3 is 15.2 Å². The molecule has 4 heteroatoms. The molecule has 1 heterocycles. The second kappa shape index (κ2) is 7.50. The summed E-state index contributed by atoms with van der Waals surface area (Å²) in [6.07, 6.45) is 3.85. The molecule has 4 nitrogen and oxygen atoms in total. The number of nitrogens with one attached hydrogen (secondary N) is 1. The lowest BCUT2D eigenvalue weighted by atomic mass is 9.93. The van der Waals surface area contributed by atoms with Crippen molar-refractivity contribution in [1.82, 2.24) is 10.2 Å². The fourth-order valence-corrected chi connectivity index (χ4v) is 2.87. The molecule has 0 spiro atoms. The SMILES string of the molecule is CNCCC1CCN(Cc2ccc(OC)c(O)c2)CC1. The van der Waals surface area contributed by atoms with Crippen LogP contribution in [-0.4, -0.2) is 43.8 Å². The van der Waals surface area contributed by atoms with Gasteiger partial charge >= 0.3 is 0 Å². The van der Waals surface area contributed by atoms with E-state index in [9.17, 15) is 5.11 Å². The summed E-state index contributed by atoms with van der Waals surface area (Å²) in [7, 11) is 3.59. The quantitative estimate of drug-likeness (QED) is 0.837. The average Bonchev–Trinajstić information content (AvgIpc) is 2.47. The molecule has 0 bridgehead atoms. The first kappa shape index (κ1) is 15.1. The third-order valence-electron chi connectivity index (χ3n) is 4.16. The first-order chi connectivity index (χ1) is 9.72. The molecule has 0 aliphatic carbocycles. The third kappa shape index (κ3) is 4.12. The summed E-state index contributed by atoms with van der Waals surface area (Å²) in [5, 5.41) is 13.0. The van der Waals surface area contributed by atoms with E-state index in [1.165, 1.54) is 19.3 Å². The lowest BCUT2D eigenvalue weighted by Crippen LogP contribution is -2.34. The van der Waals surface area contributed by atoms with E-state index in [1.807, 2.05) is 25.2 Å². The zero-order chi connectivity index (χ0) is 14.4. The maximum Gasteiger partial charge on any atom is 0.160 e. The van der Waals surface area contributed by atoms with Gasteiger partial charge in [-0.2, -0.15) is 0 Å². The van der Waals surface area contributed by atoms with Crippen molar-refractivity contribution < 1.29 is 9.84 Å². The van der Waals surface area contributed by atoms with Crippen LogP contribution in [0.5, 0.6) is 11.5 Å². The van der Waals surface area contributed by atoms with Crippen molar-refractivity contribution in [3.05, 3.63) is 23.8 Å². The Balaban J connectivity index is 1.82. The van der Waals surface area contributed by atoms with Crippen molar-refractivity contribution in [2.24, 2.45) is 5.92 Å². The molecule has 20 heavy (non-hydrogen) atoms. The Bertz CT molecular complexity index is 415. The number of phenols is 1. The minimum absolute atomic E-state index is 0.230. The van der Waals surface area contributed by atoms with Crippen molar-refractivity contribution in [3.8, 4) is 11.5 Å². The van der Waals surface area contributed by atoms with Crippen LogP contribution in [-0.2, 0) is 6.54 Å². The first-order valence-corrected chi connectivity index (χ1v) is 7.45. The van der Waals surface area contributed by atoms with Crippen LogP contribution in [0.25, 0.3) is 0 Å². The molecule has 0 radical (unpaired) electrons. The molecular formula is C16H26N2O2. The predicted molar refractivity (Wildman–Crippen MR) is 81.2 cm³/mol. The number of hydrogen-bond donors (Lipinski definition) is 2. The van der Waals surface area contributed by atoms with E-state index in [4.69, 9.17) is 4.74 Å². The number of phenolic OH excluding ortho intramolecular Hbond substituents is 1. The molecule has 0 amide bonds. The standard InChI is InChI=1S/C16H26N2O2/c1-17-8-5-13-6-9-18(10-7-13)12-14-3-4-16(20-2)15(19)11-14/h3-4,11,13,17,19H,5-10,12H2,1-2H3. The van der Waals surface area contributed by atoms with Crippen LogP contribution in [0.1, 0.15) is 24.8 Å². The van der Waals surface area contributed by atoms with E-state index in [1.54, 1.807) is 7.11 Å². The predicted octanol–water partition coefficient (Wildman–Crippen LogP) is 2.22. The van der Waals surface area contributed by atoms with E-state index >= 15 is 0 Å². The van der Waals surface area contributed by atoms with E-state index in [-0.39, 0.29) is 5.75 Å². The van der Waals surface area contributed by atoms with Crippen LogP contribution in [0.3, 0.4) is 0 Å². The number of nitrogens with zero attached hydrogens (tertiary/aromatic N) is 1. The van der Waals surface area contributed by atoms with Crippen molar-refractivity contribution in [3.63, 3.8) is 0 Å². The zero-order valence-electron chi connectivity index (χ0n) is 12.6. The molecule has 112 valence electrons. The Morgan fingerprint density at radius 1 is 1.35 bits per heavy atom. The van der Waals surface area contributed by atoms with Crippen LogP contribution in [0.2, 0.25) is 0 Å². The molecule has 1 saturated heterocycles. The number of hydrogen-bond acceptors (Lipinski definition) is 4. The van der Waals surface area contributed by atoms with Crippen LogP contribution in [0, 0.1) is 5.92 Å². The molecule has 1 aromatic rings. The number of rotatable bonds is 6. The van der Waals surface area contributed by atoms with Gasteiger partial charge in [-0.05, 0) is 69.6 Å². The molecule has 1 aliphatic rings. The second-order valence-corrected chi connectivity index (χ2v) is 5.62. The lowest BCUT2D eigenvalue weighted by Gasteiger charge is -2.32.